The predicted molar refractivity (Wildman–Crippen MR) is 161 cm³/mol. The first kappa shape index (κ1) is 29.3. The average molecular weight is 591 g/mol. The largest absolute Gasteiger partial charge is 0.511 e. The van der Waals surface area contributed by atoms with E-state index >= 15 is 0 Å². The molecule has 10 heteroatoms. The van der Waals surface area contributed by atoms with Crippen molar-refractivity contribution in [2.75, 3.05) is 14.2 Å². The number of benzene rings is 2. The van der Waals surface area contributed by atoms with Crippen LogP contribution in [0.4, 0.5) is 0 Å². The fraction of sp³-hybridized carbons (Fsp3) is 0.375. The van der Waals surface area contributed by atoms with Crippen molar-refractivity contribution in [3.8, 4) is 11.5 Å². The first-order chi connectivity index (χ1) is 19.9. The van der Waals surface area contributed by atoms with Crippen LogP contribution in [0.2, 0.25) is 0 Å². The summed E-state index contributed by atoms with van der Waals surface area (Å²) >= 11 is 5.64. The Bertz CT molecular complexity index is 1550. The summed E-state index contributed by atoms with van der Waals surface area (Å²) in [6.07, 6.45) is 0.650. The van der Waals surface area contributed by atoms with Crippen LogP contribution < -0.4 is 20.1 Å². The number of thiocarbonyl (C=S) groups is 1. The van der Waals surface area contributed by atoms with Crippen molar-refractivity contribution in [3.05, 3.63) is 76.1 Å². The number of rotatable bonds is 5. The van der Waals surface area contributed by atoms with Crippen molar-refractivity contribution in [1.29, 1.82) is 0 Å². The molecule has 0 aromatic heterocycles. The smallest absolute Gasteiger partial charge is 0.258 e. The molecular weight excluding hydrogens is 556 g/mol. The van der Waals surface area contributed by atoms with E-state index in [0.29, 0.717) is 29.0 Å². The highest BCUT2D eigenvalue weighted by molar-refractivity contribution is 7.80. The van der Waals surface area contributed by atoms with E-state index in [1.54, 1.807) is 45.0 Å². The molecule has 0 spiro atoms. The third kappa shape index (κ3) is 5.04. The van der Waals surface area contributed by atoms with Crippen LogP contribution in [0.5, 0.6) is 11.5 Å². The van der Waals surface area contributed by atoms with Gasteiger partial charge < -0.3 is 30.3 Å². The molecule has 2 aromatic carbocycles. The zero-order chi connectivity index (χ0) is 30.5. The maximum Gasteiger partial charge on any atom is 0.258 e. The van der Waals surface area contributed by atoms with Gasteiger partial charge in [-0.25, -0.2) is 0 Å². The highest BCUT2D eigenvalue weighted by Gasteiger charge is 2.55. The summed E-state index contributed by atoms with van der Waals surface area (Å²) in [5.74, 6) is -4.33. The summed E-state index contributed by atoms with van der Waals surface area (Å²) in [6.45, 7) is 5.25. The normalized spacial score (nSPS) is 23.5. The first-order valence-electron chi connectivity index (χ1n) is 13.7. The van der Waals surface area contributed by atoms with Crippen molar-refractivity contribution in [3.63, 3.8) is 0 Å². The maximum absolute atomic E-state index is 14.2. The van der Waals surface area contributed by atoms with Gasteiger partial charge in [-0.2, -0.15) is 0 Å². The minimum absolute atomic E-state index is 0.146. The summed E-state index contributed by atoms with van der Waals surface area (Å²) in [6, 6.07) is 11.4. The molecule has 1 saturated carbocycles. The standard InChI is InChI=1S/C32H34N2O7S/c1-32(2,3)34-30(39)24-28(37)23-19(25(29(24)38)33-31(42)15-9-7-6-8-10-15)13-17-11-16-12-18(40-4)14-20(41-5)21(16)26(35)22(17)27(23)36/h6-10,12,14,17,19,23,25,35,37H,11,13H2,1-5H3,(H,33,42)(H,34,39)/t17-,19-,23+,25-/m0/s1. The van der Waals surface area contributed by atoms with E-state index in [0.717, 1.165) is 5.56 Å². The van der Waals surface area contributed by atoms with Gasteiger partial charge in [0.2, 0.25) is 0 Å². The quantitative estimate of drug-likeness (QED) is 0.301. The zero-order valence-electron chi connectivity index (χ0n) is 24.1. The van der Waals surface area contributed by atoms with Crippen molar-refractivity contribution < 1.29 is 34.1 Å². The average Bonchev–Trinajstić information content (AvgIpc) is 2.93. The van der Waals surface area contributed by atoms with Gasteiger partial charge in [0.15, 0.2) is 11.6 Å². The Balaban J connectivity index is 1.63. The van der Waals surface area contributed by atoms with Gasteiger partial charge in [0.25, 0.3) is 5.91 Å². The van der Waals surface area contributed by atoms with E-state index in [1.807, 2.05) is 18.2 Å². The molecule has 0 unspecified atom stereocenters. The van der Waals surface area contributed by atoms with Crippen LogP contribution >= 0.6 is 12.2 Å². The van der Waals surface area contributed by atoms with Gasteiger partial charge in [0.05, 0.1) is 31.7 Å². The number of ketones is 2. The molecule has 3 aliphatic carbocycles. The van der Waals surface area contributed by atoms with Crippen molar-refractivity contribution in [2.24, 2.45) is 17.8 Å². The van der Waals surface area contributed by atoms with Crippen LogP contribution in [0.15, 0.2) is 59.4 Å². The Morgan fingerprint density at radius 2 is 1.71 bits per heavy atom. The number of methoxy groups -OCH3 is 2. The van der Waals surface area contributed by atoms with Gasteiger partial charge in [-0.3, -0.25) is 14.4 Å². The Labute approximate surface area is 249 Å². The Morgan fingerprint density at radius 3 is 2.33 bits per heavy atom. The number of ether oxygens (including phenoxy) is 2. The van der Waals surface area contributed by atoms with E-state index in [-0.39, 0.29) is 22.7 Å². The lowest BCUT2D eigenvalue weighted by atomic mass is 9.60. The summed E-state index contributed by atoms with van der Waals surface area (Å²) in [5.41, 5.74) is 0.745. The van der Waals surface area contributed by atoms with Crippen LogP contribution in [0.1, 0.15) is 43.9 Å². The summed E-state index contributed by atoms with van der Waals surface area (Å²) in [4.78, 5) is 41.8. The van der Waals surface area contributed by atoms with Crippen LogP contribution in [0, 0.1) is 17.8 Å². The van der Waals surface area contributed by atoms with Gasteiger partial charge in [-0.05, 0) is 51.2 Å². The second-order valence-electron chi connectivity index (χ2n) is 11.9. The molecule has 0 bridgehead atoms. The highest BCUT2D eigenvalue weighted by atomic mass is 32.1. The van der Waals surface area contributed by atoms with Gasteiger partial charge >= 0.3 is 0 Å². The van der Waals surface area contributed by atoms with E-state index in [2.05, 4.69) is 10.6 Å². The van der Waals surface area contributed by atoms with Crippen molar-refractivity contribution in [1.82, 2.24) is 10.6 Å². The van der Waals surface area contributed by atoms with E-state index in [4.69, 9.17) is 21.7 Å². The van der Waals surface area contributed by atoms with E-state index in [9.17, 15) is 24.6 Å². The van der Waals surface area contributed by atoms with Crippen LogP contribution in [-0.4, -0.2) is 58.5 Å². The highest BCUT2D eigenvalue weighted by Crippen LogP contribution is 2.51. The number of hydrogen-bond acceptors (Lipinski definition) is 8. The molecule has 42 heavy (non-hydrogen) atoms. The molecule has 5 rings (SSSR count). The molecular formula is C32H34N2O7S. The second kappa shape index (κ2) is 10.9. The second-order valence-corrected chi connectivity index (χ2v) is 12.3. The monoisotopic (exact) mass is 590 g/mol. The lowest BCUT2D eigenvalue weighted by molar-refractivity contribution is -0.130. The summed E-state index contributed by atoms with van der Waals surface area (Å²) in [5, 5.41) is 28.8. The Hall–Kier alpha value is -4.18. The summed E-state index contributed by atoms with van der Waals surface area (Å²) in [7, 11) is 2.99. The number of hydrogen-bond donors (Lipinski definition) is 4. The number of aliphatic hydroxyl groups excluding tert-OH is 2. The Kier molecular flexibility index (Phi) is 7.61. The first-order valence-corrected chi connectivity index (χ1v) is 14.2. The fourth-order valence-electron chi connectivity index (χ4n) is 6.30. The number of nitrogens with one attached hydrogen (secondary N) is 2. The van der Waals surface area contributed by atoms with Crippen molar-refractivity contribution >= 4 is 40.4 Å². The molecule has 4 atom stereocenters. The fourth-order valence-corrected chi connectivity index (χ4v) is 6.56. The molecule has 1 amide bonds. The molecule has 0 saturated heterocycles. The minimum Gasteiger partial charge on any atom is -0.511 e. The minimum atomic E-state index is -1.24. The number of amides is 1. The van der Waals surface area contributed by atoms with Crippen LogP contribution in [0.25, 0.3) is 5.76 Å². The third-order valence-corrected chi connectivity index (χ3v) is 8.41. The Morgan fingerprint density at radius 1 is 1.02 bits per heavy atom. The number of carbonyl (C=O) groups excluding carboxylic acids is 3. The molecule has 9 nitrogen and oxygen atoms in total. The number of allylic oxidation sites excluding steroid dienone is 2. The number of fused-ring (bicyclic) bond motifs is 3. The SMILES string of the molecule is COc1cc2c(c(OC)c1)C(O)=C1C(=O)[C@@H]3C(O)=C(C(=O)NC(C)(C)C)C(=O)[C@@H](NC(=S)c4ccccc4)[C@H]3C[C@@H]1C2. The number of aliphatic hydroxyl groups is 2. The lowest BCUT2D eigenvalue weighted by Crippen LogP contribution is -2.58. The molecule has 1 fully saturated rings. The predicted octanol–water partition coefficient (Wildman–Crippen LogP) is 3.99. The molecule has 4 N–H and O–H groups in total. The van der Waals surface area contributed by atoms with Crippen molar-refractivity contribution in [2.45, 2.75) is 45.2 Å². The number of carbonyl (C=O) groups is 3. The van der Waals surface area contributed by atoms with Crippen LogP contribution in [-0.2, 0) is 20.8 Å². The summed E-state index contributed by atoms with van der Waals surface area (Å²) < 4.78 is 10.9. The molecule has 3 aliphatic rings. The molecule has 220 valence electrons. The molecule has 0 heterocycles. The maximum atomic E-state index is 14.2. The topological polar surface area (TPSA) is 134 Å². The van der Waals surface area contributed by atoms with Gasteiger partial charge in [0, 0.05) is 28.7 Å². The zero-order valence-corrected chi connectivity index (χ0v) is 24.9. The van der Waals surface area contributed by atoms with Gasteiger partial charge in [0.1, 0.15) is 33.6 Å². The van der Waals surface area contributed by atoms with Crippen LogP contribution in [0.3, 0.4) is 0 Å². The molecule has 2 aromatic rings. The van der Waals surface area contributed by atoms with Gasteiger partial charge in [-0.1, -0.05) is 42.5 Å². The lowest BCUT2D eigenvalue weighted by Gasteiger charge is -2.45. The number of Topliss-reactive ketones (excluding diaryl/α,β-unsaturated/α-hetero) is 2. The molecule has 0 aliphatic heterocycles. The third-order valence-electron chi connectivity index (χ3n) is 8.06. The van der Waals surface area contributed by atoms with E-state index in [1.165, 1.54) is 14.2 Å². The van der Waals surface area contributed by atoms with Gasteiger partial charge in [-0.15, -0.1) is 0 Å². The van der Waals surface area contributed by atoms with E-state index < -0.39 is 58.1 Å². The molecule has 0 radical (unpaired) electrons.